The second kappa shape index (κ2) is 2.47. The van der Waals surface area contributed by atoms with E-state index in [2.05, 4.69) is 4.99 Å². The summed E-state index contributed by atoms with van der Waals surface area (Å²) in [4.78, 5) is 14.0. The highest BCUT2D eigenvalue weighted by Gasteiger charge is 2.19. The van der Waals surface area contributed by atoms with Gasteiger partial charge in [0.25, 0.3) is 0 Å². The summed E-state index contributed by atoms with van der Waals surface area (Å²) in [6, 6.07) is 0. The maximum absolute atomic E-state index is 10.2. The molecule has 1 aliphatic rings. The summed E-state index contributed by atoms with van der Waals surface area (Å²) < 4.78 is 0. The van der Waals surface area contributed by atoms with Gasteiger partial charge in [-0.3, -0.25) is 4.99 Å². The summed E-state index contributed by atoms with van der Waals surface area (Å²) >= 11 is 0. The molecule has 0 radical (unpaired) electrons. The zero-order chi connectivity index (χ0) is 7.56. The van der Waals surface area contributed by atoms with E-state index < -0.39 is 5.03 Å². The molecular weight excluding hydrogens is 134 g/mol. The van der Waals surface area contributed by atoms with Crippen LogP contribution >= 0.6 is 0 Å². The maximum atomic E-state index is 10.2. The predicted octanol–water partition coefficient (Wildman–Crippen LogP) is 0.424. The SMILES string of the molecule is CC1N=CC=CN1[N+](=O)[O-]. The zero-order valence-corrected chi connectivity index (χ0v) is 5.47. The second-order valence-corrected chi connectivity index (χ2v) is 1.89. The van der Waals surface area contributed by atoms with Gasteiger partial charge in [0.1, 0.15) is 0 Å². The maximum Gasteiger partial charge on any atom is 0.180 e. The largest absolute Gasteiger partial charge is 0.262 e. The molecule has 1 heterocycles. The Morgan fingerprint density at radius 1 is 1.80 bits per heavy atom. The normalized spacial score (nSPS) is 23.3. The minimum absolute atomic E-state index is 0.389. The van der Waals surface area contributed by atoms with Crippen LogP contribution in [0.3, 0.4) is 0 Å². The van der Waals surface area contributed by atoms with Crippen LogP contribution in [0.25, 0.3) is 0 Å². The van der Waals surface area contributed by atoms with E-state index >= 15 is 0 Å². The van der Waals surface area contributed by atoms with E-state index in [-0.39, 0.29) is 6.17 Å². The molecule has 0 amide bonds. The molecule has 0 aliphatic carbocycles. The Bertz CT molecular complexity index is 199. The van der Waals surface area contributed by atoms with Crippen LogP contribution in [0.2, 0.25) is 0 Å². The number of allylic oxidation sites excluding steroid dienone is 1. The molecule has 0 spiro atoms. The summed E-state index contributed by atoms with van der Waals surface area (Å²) in [7, 11) is 0. The summed E-state index contributed by atoms with van der Waals surface area (Å²) in [5, 5.41) is 10.6. The van der Waals surface area contributed by atoms with Gasteiger partial charge in [0.2, 0.25) is 0 Å². The number of hydrogen-bond acceptors (Lipinski definition) is 3. The van der Waals surface area contributed by atoms with Crippen molar-refractivity contribution < 1.29 is 5.03 Å². The van der Waals surface area contributed by atoms with Gasteiger partial charge in [-0.15, -0.1) is 0 Å². The lowest BCUT2D eigenvalue weighted by Crippen LogP contribution is -2.33. The van der Waals surface area contributed by atoms with Crippen LogP contribution in [0.15, 0.2) is 17.3 Å². The fourth-order valence-corrected chi connectivity index (χ4v) is 0.685. The van der Waals surface area contributed by atoms with Crippen LogP contribution in [-0.2, 0) is 0 Å². The average molecular weight is 141 g/mol. The lowest BCUT2D eigenvalue weighted by molar-refractivity contribution is -0.647. The number of nitro groups is 1. The minimum atomic E-state index is -0.488. The number of rotatable bonds is 1. The Morgan fingerprint density at radius 2 is 2.50 bits per heavy atom. The van der Waals surface area contributed by atoms with E-state index in [0.29, 0.717) is 0 Å². The van der Waals surface area contributed by atoms with Crippen LogP contribution in [0.4, 0.5) is 0 Å². The van der Waals surface area contributed by atoms with E-state index in [1.807, 2.05) is 0 Å². The van der Waals surface area contributed by atoms with Crippen molar-refractivity contribution in [2.45, 2.75) is 13.1 Å². The smallest absolute Gasteiger partial charge is 0.180 e. The van der Waals surface area contributed by atoms with Gasteiger partial charge >= 0.3 is 0 Å². The van der Waals surface area contributed by atoms with Gasteiger partial charge in [-0.1, -0.05) is 5.01 Å². The van der Waals surface area contributed by atoms with Crippen molar-refractivity contribution in [1.82, 2.24) is 5.01 Å². The first-order valence-electron chi connectivity index (χ1n) is 2.84. The summed E-state index contributed by atoms with van der Waals surface area (Å²) in [5.74, 6) is 0. The van der Waals surface area contributed by atoms with Gasteiger partial charge < -0.3 is 0 Å². The third-order valence-corrected chi connectivity index (χ3v) is 1.20. The fourth-order valence-electron chi connectivity index (χ4n) is 0.685. The summed E-state index contributed by atoms with van der Waals surface area (Å²) in [6.45, 7) is 1.66. The average Bonchev–Trinajstić information content (AvgIpc) is 1.88. The molecule has 0 N–H and O–H groups in total. The van der Waals surface area contributed by atoms with Gasteiger partial charge in [-0.2, -0.15) is 0 Å². The lowest BCUT2D eigenvalue weighted by Gasteiger charge is -2.15. The van der Waals surface area contributed by atoms with Crippen molar-refractivity contribution >= 4 is 6.21 Å². The highest BCUT2D eigenvalue weighted by molar-refractivity contribution is 5.71. The van der Waals surface area contributed by atoms with E-state index in [0.717, 1.165) is 5.01 Å². The van der Waals surface area contributed by atoms with Gasteiger partial charge in [0.15, 0.2) is 11.2 Å². The van der Waals surface area contributed by atoms with Crippen LogP contribution in [0.5, 0.6) is 0 Å². The Labute approximate surface area is 57.8 Å². The van der Waals surface area contributed by atoms with Crippen molar-refractivity contribution in [3.05, 3.63) is 22.4 Å². The van der Waals surface area contributed by atoms with Crippen molar-refractivity contribution in [3.8, 4) is 0 Å². The van der Waals surface area contributed by atoms with Crippen molar-refractivity contribution in [2.24, 2.45) is 4.99 Å². The Kier molecular flexibility index (Phi) is 1.66. The zero-order valence-electron chi connectivity index (χ0n) is 5.47. The number of nitrogens with zero attached hydrogens (tertiary/aromatic N) is 3. The van der Waals surface area contributed by atoms with Crippen LogP contribution in [0, 0.1) is 10.1 Å². The lowest BCUT2D eigenvalue weighted by atomic mass is 10.5. The Hall–Kier alpha value is -1.39. The fraction of sp³-hybridized carbons (Fsp3) is 0.400. The standard InChI is InChI=1S/C5H7N3O2/c1-5-6-3-2-4-7(5)8(9)10/h2-5H,1H3. The molecule has 0 aromatic heterocycles. The molecule has 0 saturated carbocycles. The number of hydrazine groups is 1. The number of hydrogen-bond donors (Lipinski definition) is 0. The molecule has 10 heavy (non-hydrogen) atoms. The molecule has 0 fully saturated rings. The van der Waals surface area contributed by atoms with Gasteiger partial charge in [-0.25, -0.2) is 10.1 Å². The van der Waals surface area contributed by atoms with E-state index in [4.69, 9.17) is 0 Å². The molecular formula is C5H7N3O2. The summed E-state index contributed by atoms with van der Waals surface area (Å²) in [6.07, 6.45) is 4.07. The van der Waals surface area contributed by atoms with E-state index in [1.54, 1.807) is 13.1 Å². The third kappa shape index (κ3) is 1.12. The van der Waals surface area contributed by atoms with Crippen LogP contribution in [0.1, 0.15) is 6.92 Å². The predicted molar refractivity (Wildman–Crippen MR) is 35.9 cm³/mol. The summed E-state index contributed by atoms with van der Waals surface area (Å²) in [5.41, 5.74) is 0. The molecule has 0 bridgehead atoms. The molecule has 54 valence electrons. The van der Waals surface area contributed by atoms with Crippen molar-refractivity contribution in [3.63, 3.8) is 0 Å². The molecule has 1 unspecified atom stereocenters. The van der Waals surface area contributed by atoms with E-state index in [1.165, 1.54) is 12.3 Å². The highest BCUT2D eigenvalue weighted by Crippen LogP contribution is 2.03. The molecule has 1 aliphatic heterocycles. The Morgan fingerprint density at radius 3 is 2.90 bits per heavy atom. The molecule has 0 aromatic rings. The molecule has 0 saturated heterocycles. The topological polar surface area (TPSA) is 58.7 Å². The molecule has 1 atom stereocenters. The molecule has 0 aromatic carbocycles. The van der Waals surface area contributed by atoms with E-state index in [9.17, 15) is 10.1 Å². The number of aliphatic imine (C=N–C) groups is 1. The van der Waals surface area contributed by atoms with Gasteiger partial charge in [0.05, 0.1) is 6.20 Å². The Balaban J connectivity index is 2.70. The second-order valence-electron chi connectivity index (χ2n) is 1.89. The van der Waals surface area contributed by atoms with Crippen molar-refractivity contribution in [2.75, 3.05) is 0 Å². The monoisotopic (exact) mass is 141 g/mol. The molecule has 1 rings (SSSR count). The minimum Gasteiger partial charge on any atom is -0.262 e. The molecule has 5 heteroatoms. The quantitative estimate of drug-likeness (QED) is 0.393. The highest BCUT2D eigenvalue weighted by atomic mass is 16.7. The first-order valence-corrected chi connectivity index (χ1v) is 2.84. The van der Waals surface area contributed by atoms with Gasteiger partial charge in [-0.05, 0) is 13.0 Å². The van der Waals surface area contributed by atoms with Crippen LogP contribution in [-0.4, -0.2) is 22.4 Å². The first-order chi connectivity index (χ1) is 4.72. The first kappa shape index (κ1) is 6.73. The third-order valence-electron chi connectivity index (χ3n) is 1.20. The van der Waals surface area contributed by atoms with Crippen LogP contribution < -0.4 is 0 Å². The van der Waals surface area contributed by atoms with Gasteiger partial charge in [0, 0.05) is 6.21 Å². The molecule has 5 nitrogen and oxygen atoms in total. The van der Waals surface area contributed by atoms with Crippen molar-refractivity contribution in [1.29, 1.82) is 0 Å².